The Morgan fingerprint density at radius 2 is 2.16 bits per heavy atom. The first-order valence-corrected chi connectivity index (χ1v) is 6.64. The van der Waals surface area contributed by atoms with Gasteiger partial charge in [-0.2, -0.15) is 0 Å². The Balaban J connectivity index is 1.56. The Bertz CT molecular complexity index is 548. The highest BCUT2D eigenvalue weighted by molar-refractivity contribution is 5.17. The minimum atomic E-state index is -0.202. The van der Waals surface area contributed by atoms with Gasteiger partial charge in [-0.1, -0.05) is 23.4 Å². The van der Waals surface area contributed by atoms with E-state index in [2.05, 4.69) is 15.6 Å². The molecule has 0 saturated heterocycles. The Morgan fingerprint density at radius 3 is 2.95 bits per heavy atom. The summed E-state index contributed by atoms with van der Waals surface area (Å²) >= 11 is 0. The van der Waals surface area contributed by atoms with E-state index in [1.807, 2.05) is 12.3 Å². The first-order valence-electron chi connectivity index (χ1n) is 6.64. The maximum atomic E-state index is 13.5. The molecule has 0 aliphatic heterocycles. The third-order valence-electron chi connectivity index (χ3n) is 3.31. The van der Waals surface area contributed by atoms with E-state index >= 15 is 0 Å². The summed E-state index contributed by atoms with van der Waals surface area (Å²) in [6.45, 7) is 2.20. The molecule has 1 aromatic carbocycles. The topological polar surface area (TPSA) is 42.7 Å². The summed E-state index contributed by atoms with van der Waals surface area (Å²) in [5.41, 5.74) is 1.53. The van der Waals surface area contributed by atoms with E-state index in [0.29, 0.717) is 12.1 Å². The van der Waals surface area contributed by atoms with E-state index in [0.717, 1.165) is 24.7 Å². The fourth-order valence-electron chi connectivity index (χ4n) is 2.02. The van der Waals surface area contributed by atoms with Crippen LogP contribution in [0.15, 0.2) is 30.5 Å². The molecule has 1 aliphatic carbocycles. The van der Waals surface area contributed by atoms with Gasteiger partial charge in [0.1, 0.15) is 5.82 Å². The summed E-state index contributed by atoms with van der Waals surface area (Å²) in [7, 11) is 0. The van der Waals surface area contributed by atoms with Crippen molar-refractivity contribution >= 4 is 0 Å². The summed E-state index contributed by atoms with van der Waals surface area (Å²) in [6.07, 6.45) is 4.55. The van der Waals surface area contributed by atoms with E-state index in [1.54, 1.807) is 16.8 Å². The molecule has 0 amide bonds. The van der Waals surface area contributed by atoms with Crippen molar-refractivity contribution in [3.63, 3.8) is 0 Å². The smallest absolute Gasteiger partial charge is 0.128 e. The second-order valence-corrected chi connectivity index (χ2v) is 5.07. The molecule has 100 valence electrons. The molecule has 4 nitrogen and oxygen atoms in total. The molecular formula is C14H17FN4. The van der Waals surface area contributed by atoms with Gasteiger partial charge in [-0.3, -0.25) is 0 Å². The first-order chi connectivity index (χ1) is 9.31. The number of benzene rings is 1. The van der Waals surface area contributed by atoms with Crippen LogP contribution in [0.5, 0.6) is 0 Å². The number of hydrogen-bond acceptors (Lipinski definition) is 3. The average Bonchev–Trinajstić information content (AvgIpc) is 3.12. The van der Waals surface area contributed by atoms with Gasteiger partial charge in [0.05, 0.1) is 18.4 Å². The van der Waals surface area contributed by atoms with Crippen LogP contribution in [0, 0.1) is 11.7 Å². The highest BCUT2D eigenvalue weighted by Crippen LogP contribution is 2.27. The molecule has 1 fully saturated rings. The summed E-state index contributed by atoms with van der Waals surface area (Å²) in [6, 6.07) is 6.74. The largest absolute Gasteiger partial charge is 0.311 e. The van der Waals surface area contributed by atoms with Crippen molar-refractivity contribution in [1.29, 1.82) is 0 Å². The van der Waals surface area contributed by atoms with Gasteiger partial charge in [0.2, 0.25) is 0 Å². The zero-order valence-corrected chi connectivity index (χ0v) is 10.7. The minimum absolute atomic E-state index is 0.202. The number of nitrogens with zero attached hydrogens (tertiary/aromatic N) is 3. The maximum Gasteiger partial charge on any atom is 0.128 e. The van der Waals surface area contributed by atoms with Crippen molar-refractivity contribution in [3.05, 3.63) is 47.5 Å². The van der Waals surface area contributed by atoms with Crippen molar-refractivity contribution in [2.75, 3.05) is 6.54 Å². The van der Waals surface area contributed by atoms with Gasteiger partial charge >= 0.3 is 0 Å². The molecule has 2 aromatic rings. The zero-order chi connectivity index (χ0) is 13.1. The van der Waals surface area contributed by atoms with Crippen molar-refractivity contribution in [2.45, 2.75) is 25.9 Å². The fraction of sp³-hybridized carbons (Fsp3) is 0.429. The van der Waals surface area contributed by atoms with E-state index in [-0.39, 0.29) is 5.82 Å². The van der Waals surface area contributed by atoms with Crippen LogP contribution in [0.25, 0.3) is 0 Å². The molecular weight excluding hydrogens is 243 g/mol. The predicted octanol–water partition coefficient (Wildman–Crippen LogP) is 1.97. The summed E-state index contributed by atoms with van der Waals surface area (Å²) in [4.78, 5) is 0. The standard InChI is InChI=1S/C14H17FN4/c15-14-4-2-1-3-12(14)9-19-10-13(17-18-19)8-16-7-11-5-6-11/h1-4,10-11,16H,5-9H2. The van der Waals surface area contributed by atoms with Crippen molar-refractivity contribution in [2.24, 2.45) is 5.92 Å². The molecule has 1 N–H and O–H groups in total. The van der Waals surface area contributed by atoms with E-state index in [9.17, 15) is 4.39 Å². The van der Waals surface area contributed by atoms with Crippen LogP contribution < -0.4 is 5.32 Å². The fourth-order valence-corrected chi connectivity index (χ4v) is 2.02. The van der Waals surface area contributed by atoms with Crippen LogP contribution in [0.3, 0.4) is 0 Å². The van der Waals surface area contributed by atoms with E-state index in [1.165, 1.54) is 18.9 Å². The van der Waals surface area contributed by atoms with Gasteiger partial charge in [0.25, 0.3) is 0 Å². The molecule has 0 spiro atoms. The molecule has 19 heavy (non-hydrogen) atoms. The highest BCUT2D eigenvalue weighted by Gasteiger charge is 2.20. The van der Waals surface area contributed by atoms with Gasteiger partial charge < -0.3 is 5.32 Å². The molecule has 0 bridgehead atoms. The van der Waals surface area contributed by atoms with Gasteiger partial charge in [0.15, 0.2) is 0 Å². The van der Waals surface area contributed by atoms with Crippen molar-refractivity contribution in [1.82, 2.24) is 20.3 Å². The summed E-state index contributed by atoms with van der Waals surface area (Å²) < 4.78 is 15.2. The highest BCUT2D eigenvalue weighted by atomic mass is 19.1. The van der Waals surface area contributed by atoms with Gasteiger partial charge in [-0.15, -0.1) is 5.10 Å². The molecule has 1 aliphatic rings. The monoisotopic (exact) mass is 260 g/mol. The van der Waals surface area contributed by atoms with E-state index in [4.69, 9.17) is 0 Å². The first kappa shape index (κ1) is 12.3. The number of nitrogens with one attached hydrogen (secondary N) is 1. The number of aromatic nitrogens is 3. The molecule has 0 radical (unpaired) electrons. The molecule has 1 heterocycles. The maximum absolute atomic E-state index is 13.5. The Morgan fingerprint density at radius 1 is 1.32 bits per heavy atom. The molecule has 3 rings (SSSR count). The molecule has 1 aromatic heterocycles. The molecule has 1 saturated carbocycles. The molecule has 0 unspecified atom stereocenters. The lowest BCUT2D eigenvalue weighted by Gasteiger charge is -2.02. The van der Waals surface area contributed by atoms with Crippen LogP contribution >= 0.6 is 0 Å². The van der Waals surface area contributed by atoms with Crippen molar-refractivity contribution in [3.8, 4) is 0 Å². The lowest BCUT2D eigenvalue weighted by atomic mass is 10.2. The summed E-state index contributed by atoms with van der Waals surface area (Å²) in [5, 5.41) is 11.5. The normalized spacial score (nSPS) is 14.8. The number of hydrogen-bond donors (Lipinski definition) is 1. The Kier molecular flexibility index (Phi) is 3.55. The Hall–Kier alpha value is -1.75. The summed E-state index contributed by atoms with van der Waals surface area (Å²) in [5.74, 6) is 0.653. The third kappa shape index (κ3) is 3.38. The second-order valence-electron chi connectivity index (χ2n) is 5.07. The molecule has 0 atom stereocenters. The van der Waals surface area contributed by atoms with E-state index < -0.39 is 0 Å². The van der Waals surface area contributed by atoms with Crippen molar-refractivity contribution < 1.29 is 4.39 Å². The van der Waals surface area contributed by atoms with Gasteiger partial charge in [-0.25, -0.2) is 9.07 Å². The lowest BCUT2D eigenvalue weighted by molar-refractivity contribution is 0.577. The number of halogens is 1. The second kappa shape index (κ2) is 5.48. The van der Waals surface area contributed by atoms with Gasteiger partial charge in [-0.05, 0) is 31.4 Å². The van der Waals surface area contributed by atoms with Crippen LogP contribution in [0.4, 0.5) is 4.39 Å². The van der Waals surface area contributed by atoms with Crippen LogP contribution in [0.1, 0.15) is 24.1 Å². The van der Waals surface area contributed by atoms with Gasteiger partial charge in [0, 0.05) is 12.1 Å². The third-order valence-corrected chi connectivity index (χ3v) is 3.31. The van der Waals surface area contributed by atoms with Crippen LogP contribution in [-0.2, 0) is 13.1 Å². The molecule has 5 heteroatoms. The zero-order valence-electron chi connectivity index (χ0n) is 10.7. The quantitative estimate of drug-likeness (QED) is 0.863. The predicted molar refractivity (Wildman–Crippen MR) is 70.0 cm³/mol. The minimum Gasteiger partial charge on any atom is -0.311 e. The van der Waals surface area contributed by atoms with Crippen LogP contribution in [-0.4, -0.2) is 21.5 Å². The van der Waals surface area contributed by atoms with Crippen LogP contribution in [0.2, 0.25) is 0 Å². The SMILES string of the molecule is Fc1ccccc1Cn1cc(CNCC2CC2)nn1. The Labute approximate surface area is 111 Å². The average molecular weight is 260 g/mol. The number of rotatable bonds is 6. The lowest BCUT2D eigenvalue weighted by Crippen LogP contribution is -2.16.